The number of hydrogen-bond acceptors (Lipinski definition) is 5. The standard InChI is InChI=1S/C17H11ClN4O3/c18-11-3-1-10(2-4-11)12-5-7-20-9-14(12)15-13(16(19)23)6-8-21-17(15)22(24)25/h1-9H,(H2,19,23). The predicted octanol–water partition coefficient (Wildman–Crippen LogP) is 3.47. The van der Waals surface area contributed by atoms with Crippen molar-refractivity contribution < 1.29 is 9.72 Å². The van der Waals surface area contributed by atoms with Gasteiger partial charge in [-0.1, -0.05) is 23.7 Å². The van der Waals surface area contributed by atoms with Crippen molar-refractivity contribution in [2.45, 2.75) is 0 Å². The summed E-state index contributed by atoms with van der Waals surface area (Å²) in [5, 5.41) is 12.0. The van der Waals surface area contributed by atoms with Crippen molar-refractivity contribution in [3.05, 3.63) is 75.7 Å². The fraction of sp³-hybridized carbons (Fsp3) is 0. The van der Waals surface area contributed by atoms with E-state index in [9.17, 15) is 14.9 Å². The van der Waals surface area contributed by atoms with Crippen molar-refractivity contribution in [1.29, 1.82) is 0 Å². The summed E-state index contributed by atoms with van der Waals surface area (Å²) in [4.78, 5) is 30.4. The molecule has 0 atom stereocenters. The fourth-order valence-corrected chi connectivity index (χ4v) is 2.66. The van der Waals surface area contributed by atoms with Crippen LogP contribution < -0.4 is 5.73 Å². The van der Waals surface area contributed by atoms with E-state index < -0.39 is 16.6 Å². The largest absolute Gasteiger partial charge is 0.372 e. The lowest BCUT2D eigenvalue weighted by atomic mass is 9.93. The van der Waals surface area contributed by atoms with Crippen LogP contribution in [-0.2, 0) is 0 Å². The third-order valence-corrected chi connectivity index (χ3v) is 3.87. The molecule has 0 saturated heterocycles. The van der Waals surface area contributed by atoms with Gasteiger partial charge in [0.05, 0.1) is 11.1 Å². The van der Waals surface area contributed by atoms with E-state index in [2.05, 4.69) is 9.97 Å². The zero-order chi connectivity index (χ0) is 18.0. The van der Waals surface area contributed by atoms with Gasteiger partial charge in [0.25, 0.3) is 0 Å². The molecule has 2 heterocycles. The lowest BCUT2D eigenvalue weighted by Gasteiger charge is -2.12. The Morgan fingerprint density at radius 1 is 1.08 bits per heavy atom. The number of nitrogens with zero attached hydrogens (tertiary/aromatic N) is 3. The second-order valence-corrected chi connectivity index (χ2v) is 5.54. The molecule has 2 aromatic heterocycles. The number of hydrogen-bond donors (Lipinski definition) is 1. The lowest BCUT2D eigenvalue weighted by Crippen LogP contribution is -2.14. The number of rotatable bonds is 4. The summed E-state index contributed by atoms with van der Waals surface area (Å²) in [7, 11) is 0. The van der Waals surface area contributed by atoms with Crippen LogP contribution in [0, 0.1) is 10.1 Å². The molecule has 0 radical (unpaired) electrons. The van der Waals surface area contributed by atoms with Crippen LogP contribution in [0.4, 0.5) is 5.82 Å². The van der Waals surface area contributed by atoms with Crippen molar-refractivity contribution in [3.63, 3.8) is 0 Å². The zero-order valence-electron chi connectivity index (χ0n) is 12.7. The molecule has 25 heavy (non-hydrogen) atoms. The Hall–Kier alpha value is -3.32. The van der Waals surface area contributed by atoms with Crippen molar-refractivity contribution >= 4 is 23.3 Å². The number of nitrogens with two attached hydrogens (primary N) is 1. The third-order valence-electron chi connectivity index (χ3n) is 3.62. The molecular formula is C17H11ClN4O3. The van der Waals surface area contributed by atoms with E-state index in [1.54, 1.807) is 36.5 Å². The van der Waals surface area contributed by atoms with E-state index in [1.165, 1.54) is 18.5 Å². The van der Waals surface area contributed by atoms with Crippen LogP contribution in [0.15, 0.2) is 55.0 Å². The first-order valence-corrected chi connectivity index (χ1v) is 7.50. The number of halogens is 1. The smallest absolute Gasteiger partial charge is 0.366 e. The average molecular weight is 355 g/mol. The zero-order valence-corrected chi connectivity index (χ0v) is 13.5. The highest BCUT2D eigenvalue weighted by atomic mass is 35.5. The molecule has 7 nitrogen and oxygen atoms in total. The number of carbonyl (C=O) groups is 1. The van der Waals surface area contributed by atoms with Gasteiger partial charge in [-0.05, 0) is 45.3 Å². The summed E-state index contributed by atoms with van der Waals surface area (Å²) >= 11 is 5.92. The van der Waals surface area contributed by atoms with Crippen LogP contribution in [0.1, 0.15) is 10.4 Å². The van der Waals surface area contributed by atoms with Gasteiger partial charge in [0.2, 0.25) is 5.91 Å². The van der Waals surface area contributed by atoms with E-state index in [0.29, 0.717) is 16.1 Å². The maximum Gasteiger partial charge on any atom is 0.372 e. The summed E-state index contributed by atoms with van der Waals surface area (Å²) < 4.78 is 0. The highest BCUT2D eigenvalue weighted by Crippen LogP contribution is 2.37. The Bertz CT molecular complexity index is 942. The first kappa shape index (κ1) is 16.5. The minimum atomic E-state index is -0.786. The Kier molecular flexibility index (Phi) is 4.40. The van der Waals surface area contributed by atoms with Gasteiger partial charge in [0.1, 0.15) is 6.20 Å². The summed E-state index contributed by atoms with van der Waals surface area (Å²) in [6, 6.07) is 9.99. The van der Waals surface area contributed by atoms with Crippen molar-refractivity contribution in [2.75, 3.05) is 0 Å². The van der Waals surface area contributed by atoms with E-state index in [1.807, 2.05) is 0 Å². The molecule has 0 aliphatic rings. The van der Waals surface area contributed by atoms with Gasteiger partial charge >= 0.3 is 5.82 Å². The van der Waals surface area contributed by atoms with Gasteiger partial charge in [0.15, 0.2) is 0 Å². The second-order valence-electron chi connectivity index (χ2n) is 5.11. The SMILES string of the molecule is NC(=O)c1ccnc([N+](=O)[O-])c1-c1cnccc1-c1ccc(Cl)cc1. The molecule has 0 spiro atoms. The number of pyridine rings is 2. The molecule has 0 fully saturated rings. The summed E-state index contributed by atoms with van der Waals surface area (Å²) in [6.07, 6.45) is 4.18. The highest BCUT2D eigenvalue weighted by molar-refractivity contribution is 6.30. The summed E-state index contributed by atoms with van der Waals surface area (Å²) in [6.45, 7) is 0. The molecule has 8 heteroatoms. The first-order valence-electron chi connectivity index (χ1n) is 7.12. The van der Waals surface area contributed by atoms with Crippen molar-refractivity contribution in [1.82, 2.24) is 9.97 Å². The Labute approximate surface area is 147 Å². The van der Waals surface area contributed by atoms with Crippen LogP contribution in [-0.4, -0.2) is 20.8 Å². The van der Waals surface area contributed by atoms with Gasteiger partial charge in [-0.3, -0.25) is 9.78 Å². The Morgan fingerprint density at radius 2 is 1.80 bits per heavy atom. The Balaban J connectivity index is 2.33. The molecular weight excluding hydrogens is 344 g/mol. The van der Waals surface area contributed by atoms with E-state index in [4.69, 9.17) is 17.3 Å². The molecule has 124 valence electrons. The normalized spacial score (nSPS) is 10.4. The molecule has 0 aliphatic heterocycles. The van der Waals surface area contributed by atoms with Crippen molar-refractivity contribution in [3.8, 4) is 22.3 Å². The molecule has 1 aromatic carbocycles. The molecule has 0 bridgehead atoms. The third kappa shape index (κ3) is 3.17. The predicted molar refractivity (Wildman–Crippen MR) is 93.1 cm³/mol. The first-order chi connectivity index (χ1) is 12.0. The fourth-order valence-electron chi connectivity index (χ4n) is 2.53. The van der Waals surface area contributed by atoms with Gasteiger partial charge in [-0.2, -0.15) is 0 Å². The number of primary amides is 1. The summed E-state index contributed by atoms with van der Waals surface area (Å²) in [5.74, 6) is -1.24. The van der Waals surface area contributed by atoms with Gasteiger partial charge in [-0.15, -0.1) is 0 Å². The number of nitro groups is 1. The Morgan fingerprint density at radius 3 is 2.44 bits per heavy atom. The van der Waals surface area contributed by atoms with Crippen LogP contribution in [0.3, 0.4) is 0 Å². The quantitative estimate of drug-likeness (QED) is 0.569. The van der Waals surface area contributed by atoms with Crippen molar-refractivity contribution in [2.24, 2.45) is 5.73 Å². The maximum absolute atomic E-state index is 11.8. The second kappa shape index (κ2) is 6.66. The molecule has 3 rings (SSSR count). The van der Waals surface area contributed by atoms with E-state index in [0.717, 1.165) is 5.56 Å². The number of carbonyl (C=O) groups excluding carboxylic acids is 1. The average Bonchev–Trinajstić information content (AvgIpc) is 2.61. The van der Waals surface area contributed by atoms with Gasteiger partial charge < -0.3 is 15.8 Å². The summed E-state index contributed by atoms with van der Waals surface area (Å²) in [5.41, 5.74) is 7.24. The number of benzene rings is 1. The highest BCUT2D eigenvalue weighted by Gasteiger charge is 2.25. The van der Waals surface area contributed by atoms with Crippen LogP contribution in [0.25, 0.3) is 22.3 Å². The lowest BCUT2D eigenvalue weighted by molar-refractivity contribution is -0.388. The van der Waals surface area contributed by atoms with Crippen LogP contribution in [0.5, 0.6) is 0 Å². The molecule has 3 aromatic rings. The van der Waals surface area contributed by atoms with E-state index in [-0.39, 0.29) is 11.1 Å². The number of amides is 1. The van der Waals surface area contributed by atoms with Gasteiger partial charge in [0, 0.05) is 23.0 Å². The van der Waals surface area contributed by atoms with Crippen LogP contribution >= 0.6 is 11.6 Å². The molecule has 0 saturated carbocycles. The van der Waals surface area contributed by atoms with E-state index >= 15 is 0 Å². The number of aromatic nitrogens is 2. The minimum absolute atomic E-state index is 0.00455. The molecule has 2 N–H and O–H groups in total. The topological polar surface area (TPSA) is 112 Å². The monoisotopic (exact) mass is 354 g/mol. The van der Waals surface area contributed by atoms with Gasteiger partial charge in [-0.25, -0.2) is 0 Å². The molecule has 0 unspecified atom stereocenters. The molecule has 1 amide bonds. The maximum atomic E-state index is 11.8. The molecule has 0 aliphatic carbocycles. The van der Waals surface area contributed by atoms with Crippen LogP contribution in [0.2, 0.25) is 5.02 Å². The minimum Gasteiger partial charge on any atom is -0.366 e.